The summed E-state index contributed by atoms with van der Waals surface area (Å²) in [5, 5.41) is 37.1. The van der Waals surface area contributed by atoms with E-state index in [0.29, 0.717) is 0 Å². The fourth-order valence-electron chi connectivity index (χ4n) is 0.395. The van der Waals surface area contributed by atoms with Crippen LogP contribution in [0.1, 0.15) is 0 Å². The van der Waals surface area contributed by atoms with Crippen molar-refractivity contribution in [3.63, 3.8) is 0 Å². The molecule has 12 heavy (non-hydrogen) atoms. The molecule has 0 aliphatic rings. The minimum Gasteiger partial charge on any atom is -0.387 e. The number of nitrogens with zero attached hydrogens (tertiary/aromatic N) is 2. The van der Waals surface area contributed by atoms with Crippen molar-refractivity contribution < 1.29 is 20.1 Å². The van der Waals surface area contributed by atoms with Crippen molar-refractivity contribution in [2.24, 2.45) is 0 Å². The first kappa shape index (κ1) is 11.2. The number of hydrogen-bond donors (Lipinski definition) is 2. The number of aliphatic hydroxyl groups excluding tert-OH is 2. The van der Waals surface area contributed by atoms with Gasteiger partial charge in [0, 0.05) is 15.9 Å². The van der Waals surface area contributed by atoms with Crippen molar-refractivity contribution >= 4 is 15.9 Å². The lowest BCUT2D eigenvalue weighted by atomic mass is 10.3. The minimum atomic E-state index is -2.53. The molecule has 0 aliphatic carbocycles. The summed E-state index contributed by atoms with van der Waals surface area (Å²) in [4.78, 5) is 17.6. The van der Waals surface area contributed by atoms with Gasteiger partial charge in [-0.2, -0.15) is 0 Å². The third kappa shape index (κ3) is 1.87. The highest BCUT2D eigenvalue weighted by molar-refractivity contribution is 9.10. The molecule has 2 N–H and O–H groups in total. The standard InChI is InChI=1S/C3H5BrN2O6/c4-3(1-7,6(11)12)2(8)5(9)10/h2,7-8H,1H2. The first-order chi connectivity index (χ1) is 5.36. The Balaban J connectivity index is 4.75. The third-order valence-corrected chi connectivity index (χ3v) is 2.07. The first-order valence-corrected chi connectivity index (χ1v) is 3.41. The Morgan fingerprint density at radius 2 is 1.92 bits per heavy atom. The molecular formula is C3H5BrN2O6. The Kier molecular flexibility index (Phi) is 3.49. The fourth-order valence-corrected chi connectivity index (χ4v) is 0.562. The van der Waals surface area contributed by atoms with Crippen molar-refractivity contribution in [1.29, 1.82) is 0 Å². The van der Waals surface area contributed by atoms with E-state index >= 15 is 0 Å². The molecule has 0 aliphatic heterocycles. The van der Waals surface area contributed by atoms with Gasteiger partial charge in [-0.05, 0) is 0 Å². The van der Waals surface area contributed by atoms with Crippen LogP contribution >= 0.6 is 15.9 Å². The highest BCUT2D eigenvalue weighted by Gasteiger charge is 2.55. The summed E-state index contributed by atoms with van der Waals surface area (Å²) < 4.78 is -2.53. The van der Waals surface area contributed by atoms with E-state index in [2.05, 4.69) is 15.9 Å². The molecule has 0 radical (unpaired) electrons. The van der Waals surface area contributed by atoms with E-state index in [-0.39, 0.29) is 0 Å². The van der Waals surface area contributed by atoms with Crippen LogP contribution in [0.25, 0.3) is 0 Å². The van der Waals surface area contributed by atoms with Gasteiger partial charge in [0.1, 0.15) is 6.61 Å². The largest absolute Gasteiger partial charge is 0.396 e. The second kappa shape index (κ2) is 3.74. The van der Waals surface area contributed by atoms with Crippen LogP contribution in [0.3, 0.4) is 0 Å². The highest BCUT2D eigenvalue weighted by atomic mass is 79.9. The number of halogens is 1. The average Bonchev–Trinajstić information content (AvgIpc) is 2.01. The smallest absolute Gasteiger partial charge is 0.387 e. The Hall–Kier alpha value is -0.800. The van der Waals surface area contributed by atoms with Crippen molar-refractivity contribution in [2.75, 3.05) is 6.61 Å². The van der Waals surface area contributed by atoms with E-state index in [4.69, 9.17) is 10.2 Å². The highest BCUT2D eigenvalue weighted by Crippen LogP contribution is 2.23. The lowest BCUT2D eigenvalue weighted by Gasteiger charge is -2.15. The van der Waals surface area contributed by atoms with Crippen molar-refractivity contribution in [2.45, 2.75) is 10.7 Å². The maximum Gasteiger partial charge on any atom is 0.396 e. The molecule has 0 spiro atoms. The topological polar surface area (TPSA) is 127 Å². The van der Waals surface area contributed by atoms with Crippen molar-refractivity contribution in [3.05, 3.63) is 20.2 Å². The zero-order valence-electron chi connectivity index (χ0n) is 5.58. The van der Waals surface area contributed by atoms with Crippen LogP contribution in [0, 0.1) is 20.2 Å². The summed E-state index contributed by atoms with van der Waals surface area (Å²) in [6.07, 6.45) is -2.49. The number of alkyl halides is 1. The summed E-state index contributed by atoms with van der Waals surface area (Å²) in [5.74, 6) is 0. The van der Waals surface area contributed by atoms with Gasteiger partial charge in [-0.1, -0.05) is 0 Å². The number of hydrogen-bond acceptors (Lipinski definition) is 6. The predicted octanol–water partition coefficient (Wildman–Crippen LogP) is -1.06. The van der Waals surface area contributed by atoms with Gasteiger partial charge in [0.2, 0.25) is 0 Å². The van der Waals surface area contributed by atoms with E-state index < -0.39 is 27.1 Å². The second-order valence-corrected chi connectivity index (χ2v) is 3.27. The molecule has 2 unspecified atom stereocenters. The molecule has 8 nitrogen and oxygen atoms in total. The van der Waals surface area contributed by atoms with E-state index in [1.54, 1.807) is 0 Å². The van der Waals surface area contributed by atoms with Crippen LogP contribution in [0.5, 0.6) is 0 Å². The quantitative estimate of drug-likeness (QED) is 0.213. The molecule has 0 saturated heterocycles. The van der Waals surface area contributed by atoms with Gasteiger partial charge >= 0.3 is 10.7 Å². The monoisotopic (exact) mass is 244 g/mol. The predicted molar refractivity (Wildman–Crippen MR) is 38.7 cm³/mol. The molecule has 0 fully saturated rings. The first-order valence-electron chi connectivity index (χ1n) is 2.62. The van der Waals surface area contributed by atoms with Gasteiger partial charge in [-0.3, -0.25) is 20.2 Å². The molecule has 0 amide bonds. The lowest BCUT2D eigenvalue weighted by Crippen LogP contribution is -2.50. The van der Waals surface area contributed by atoms with E-state index in [9.17, 15) is 20.2 Å². The van der Waals surface area contributed by atoms with Gasteiger partial charge in [0.05, 0.1) is 9.85 Å². The molecule has 0 saturated carbocycles. The Morgan fingerprint density at radius 1 is 1.50 bits per heavy atom. The minimum absolute atomic E-state index is 1.17. The maximum atomic E-state index is 10.1. The van der Waals surface area contributed by atoms with Gasteiger partial charge in [-0.15, -0.1) is 0 Å². The van der Waals surface area contributed by atoms with Crippen LogP contribution < -0.4 is 0 Å². The van der Waals surface area contributed by atoms with Gasteiger partial charge < -0.3 is 10.2 Å². The van der Waals surface area contributed by atoms with Crippen LogP contribution in [-0.4, -0.2) is 37.3 Å². The molecular weight excluding hydrogens is 240 g/mol. The number of rotatable bonds is 4. The van der Waals surface area contributed by atoms with E-state index in [1.807, 2.05) is 0 Å². The zero-order valence-corrected chi connectivity index (χ0v) is 7.17. The third-order valence-electron chi connectivity index (χ3n) is 1.12. The van der Waals surface area contributed by atoms with Crippen LogP contribution in [0.2, 0.25) is 0 Å². The summed E-state index contributed by atoms with van der Waals surface area (Å²) in [6, 6.07) is 0. The van der Waals surface area contributed by atoms with Gasteiger partial charge in [0.15, 0.2) is 0 Å². The number of nitro groups is 2. The molecule has 0 heterocycles. The summed E-state index contributed by atoms with van der Waals surface area (Å²) in [5.41, 5.74) is 0. The van der Waals surface area contributed by atoms with Crippen molar-refractivity contribution in [1.82, 2.24) is 0 Å². The normalized spacial score (nSPS) is 17.9. The second-order valence-electron chi connectivity index (χ2n) is 1.89. The molecule has 0 aromatic heterocycles. The molecule has 0 bridgehead atoms. The summed E-state index contributed by atoms with van der Waals surface area (Å²) in [7, 11) is 0. The molecule has 2 atom stereocenters. The molecule has 0 rings (SSSR count). The lowest BCUT2D eigenvalue weighted by molar-refractivity contribution is -0.661. The Morgan fingerprint density at radius 3 is 2.00 bits per heavy atom. The van der Waals surface area contributed by atoms with Crippen LogP contribution in [0.15, 0.2) is 0 Å². The van der Waals surface area contributed by atoms with Crippen molar-refractivity contribution in [3.8, 4) is 0 Å². The zero-order chi connectivity index (χ0) is 9.94. The molecule has 0 aromatic carbocycles. The maximum absolute atomic E-state index is 10.1. The van der Waals surface area contributed by atoms with E-state index in [1.165, 1.54) is 0 Å². The van der Waals surface area contributed by atoms with Crippen LogP contribution in [0.4, 0.5) is 0 Å². The Bertz CT molecular complexity index is 209. The van der Waals surface area contributed by atoms with Crippen LogP contribution in [-0.2, 0) is 0 Å². The molecule has 0 aromatic rings. The van der Waals surface area contributed by atoms with Gasteiger partial charge in [-0.25, -0.2) is 0 Å². The molecule has 9 heteroatoms. The summed E-state index contributed by atoms with van der Waals surface area (Å²) >= 11 is 2.27. The molecule has 70 valence electrons. The average molecular weight is 245 g/mol. The Labute approximate surface area is 74.2 Å². The fraction of sp³-hybridized carbons (Fsp3) is 1.00. The summed E-state index contributed by atoms with van der Waals surface area (Å²) in [6.45, 7) is -1.18. The van der Waals surface area contributed by atoms with Gasteiger partial charge in [0.25, 0.3) is 0 Å². The van der Waals surface area contributed by atoms with E-state index in [0.717, 1.165) is 0 Å². The number of aliphatic hydroxyl groups is 2. The SMILES string of the molecule is O=[N+]([O-])C(O)C(Br)(CO)[N+](=O)[O-].